The maximum absolute atomic E-state index is 11.1. The highest BCUT2D eigenvalue weighted by atomic mass is 16.1. The first-order chi connectivity index (χ1) is 9.06. The Labute approximate surface area is 113 Å². The molecule has 0 fully saturated rings. The van der Waals surface area contributed by atoms with E-state index in [1.807, 2.05) is 48.9 Å². The third-order valence-electron chi connectivity index (χ3n) is 2.87. The number of aryl methyl sites for hydroxylation is 1. The SMILES string of the molecule is CC(=O)NC(C)Cc1cc(C)nn1-c1ccccc1. The average molecular weight is 257 g/mol. The molecule has 1 aromatic carbocycles. The van der Waals surface area contributed by atoms with Crippen molar-refractivity contribution in [3.05, 3.63) is 47.8 Å². The third kappa shape index (κ3) is 3.44. The molecule has 1 heterocycles. The Hall–Kier alpha value is -2.10. The first-order valence-corrected chi connectivity index (χ1v) is 6.44. The van der Waals surface area contributed by atoms with Crippen LogP contribution in [0.1, 0.15) is 25.2 Å². The van der Waals surface area contributed by atoms with E-state index in [1.54, 1.807) is 0 Å². The van der Waals surface area contributed by atoms with Gasteiger partial charge in [-0.05, 0) is 32.0 Å². The standard InChI is InChI=1S/C15H19N3O/c1-11(16-13(3)19)9-15-10-12(2)17-18(15)14-7-5-4-6-8-14/h4-8,10-11H,9H2,1-3H3,(H,16,19). The fourth-order valence-electron chi connectivity index (χ4n) is 2.20. The van der Waals surface area contributed by atoms with Crippen molar-refractivity contribution < 1.29 is 4.79 Å². The molecule has 100 valence electrons. The van der Waals surface area contributed by atoms with Crippen LogP contribution >= 0.6 is 0 Å². The summed E-state index contributed by atoms with van der Waals surface area (Å²) in [4.78, 5) is 11.1. The lowest BCUT2D eigenvalue weighted by molar-refractivity contribution is -0.119. The third-order valence-corrected chi connectivity index (χ3v) is 2.87. The molecule has 4 nitrogen and oxygen atoms in total. The van der Waals surface area contributed by atoms with Gasteiger partial charge in [0.2, 0.25) is 5.91 Å². The Kier molecular flexibility index (Phi) is 4.00. The molecule has 1 amide bonds. The maximum atomic E-state index is 11.1. The molecule has 1 unspecified atom stereocenters. The predicted octanol–water partition coefficient (Wildman–Crippen LogP) is 2.25. The minimum Gasteiger partial charge on any atom is -0.354 e. The summed E-state index contributed by atoms with van der Waals surface area (Å²) in [7, 11) is 0. The monoisotopic (exact) mass is 257 g/mol. The first-order valence-electron chi connectivity index (χ1n) is 6.44. The molecule has 0 bridgehead atoms. The van der Waals surface area contributed by atoms with Crippen LogP contribution in [-0.2, 0) is 11.2 Å². The van der Waals surface area contributed by atoms with Crippen LogP contribution in [0.4, 0.5) is 0 Å². The molecule has 0 aliphatic rings. The number of carbonyl (C=O) groups excluding carboxylic acids is 1. The lowest BCUT2D eigenvalue weighted by Gasteiger charge is -2.13. The molecule has 0 radical (unpaired) electrons. The molecular formula is C15H19N3O. The summed E-state index contributed by atoms with van der Waals surface area (Å²) in [5, 5.41) is 7.42. The molecule has 0 saturated heterocycles. The zero-order valence-corrected chi connectivity index (χ0v) is 11.6. The van der Waals surface area contributed by atoms with E-state index in [0.717, 1.165) is 23.5 Å². The van der Waals surface area contributed by atoms with Crippen molar-refractivity contribution in [3.63, 3.8) is 0 Å². The van der Waals surface area contributed by atoms with Crippen LogP contribution in [0.2, 0.25) is 0 Å². The number of benzene rings is 1. The predicted molar refractivity (Wildman–Crippen MR) is 75.3 cm³/mol. The van der Waals surface area contributed by atoms with Crippen molar-refractivity contribution in [1.29, 1.82) is 0 Å². The van der Waals surface area contributed by atoms with E-state index in [0.29, 0.717) is 0 Å². The molecular weight excluding hydrogens is 238 g/mol. The summed E-state index contributed by atoms with van der Waals surface area (Å²) >= 11 is 0. The molecule has 2 rings (SSSR count). The van der Waals surface area contributed by atoms with Crippen molar-refractivity contribution in [2.75, 3.05) is 0 Å². The van der Waals surface area contributed by atoms with Crippen LogP contribution in [0.15, 0.2) is 36.4 Å². The summed E-state index contributed by atoms with van der Waals surface area (Å²) in [5.74, 6) is -0.00463. The molecule has 1 aromatic heterocycles. The number of carbonyl (C=O) groups is 1. The minimum absolute atomic E-state index is 0.00463. The van der Waals surface area contributed by atoms with Crippen LogP contribution in [0.25, 0.3) is 5.69 Å². The Morgan fingerprint density at radius 3 is 2.68 bits per heavy atom. The van der Waals surface area contributed by atoms with Gasteiger partial charge in [0.15, 0.2) is 0 Å². The molecule has 1 N–H and O–H groups in total. The lowest BCUT2D eigenvalue weighted by Crippen LogP contribution is -2.32. The van der Waals surface area contributed by atoms with E-state index < -0.39 is 0 Å². The molecule has 19 heavy (non-hydrogen) atoms. The van der Waals surface area contributed by atoms with Crippen molar-refractivity contribution in [2.24, 2.45) is 0 Å². The van der Waals surface area contributed by atoms with E-state index in [-0.39, 0.29) is 11.9 Å². The number of nitrogens with zero attached hydrogens (tertiary/aromatic N) is 2. The van der Waals surface area contributed by atoms with Gasteiger partial charge in [0, 0.05) is 25.1 Å². The minimum atomic E-state index is -0.00463. The van der Waals surface area contributed by atoms with Crippen molar-refractivity contribution >= 4 is 5.91 Å². The smallest absolute Gasteiger partial charge is 0.217 e. The van der Waals surface area contributed by atoms with Gasteiger partial charge in [-0.2, -0.15) is 5.10 Å². The second-order valence-electron chi connectivity index (χ2n) is 4.83. The van der Waals surface area contributed by atoms with Gasteiger partial charge < -0.3 is 5.32 Å². The molecule has 0 spiro atoms. The van der Waals surface area contributed by atoms with Gasteiger partial charge in [-0.15, -0.1) is 0 Å². The van der Waals surface area contributed by atoms with Gasteiger partial charge in [-0.25, -0.2) is 4.68 Å². The van der Waals surface area contributed by atoms with Crippen LogP contribution in [0.3, 0.4) is 0 Å². The molecule has 4 heteroatoms. The second-order valence-corrected chi connectivity index (χ2v) is 4.83. The zero-order valence-electron chi connectivity index (χ0n) is 11.6. The lowest BCUT2D eigenvalue weighted by atomic mass is 10.1. The van der Waals surface area contributed by atoms with Gasteiger partial charge in [-0.3, -0.25) is 4.79 Å². The van der Waals surface area contributed by atoms with E-state index in [2.05, 4.69) is 16.5 Å². The van der Waals surface area contributed by atoms with Crippen molar-refractivity contribution in [1.82, 2.24) is 15.1 Å². The quantitative estimate of drug-likeness (QED) is 0.913. The fourth-order valence-corrected chi connectivity index (χ4v) is 2.20. The Balaban J connectivity index is 2.24. The van der Waals surface area contributed by atoms with Gasteiger partial charge in [-0.1, -0.05) is 18.2 Å². The highest BCUT2D eigenvalue weighted by Crippen LogP contribution is 2.14. The molecule has 2 aromatic rings. The highest BCUT2D eigenvalue weighted by molar-refractivity contribution is 5.73. The maximum Gasteiger partial charge on any atom is 0.217 e. The van der Waals surface area contributed by atoms with E-state index in [1.165, 1.54) is 6.92 Å². The number of para-hydroxylation sites is 1. The Morgan fingerprint density at radius 1 is 1.37 bits per heavy atom. The van der Waals surface area contributed by atoms with Crippen LogP contribution < -0.4 is 5.32 Å². The van der Waals surface area contributed by atoms with Gasteiger partial charge in [0.1, 0.15) is 0 Å². The largest absolute Gasteiger partial charge is 0.354 e. The molecule has 0 aliphatic heterocycles. The highest BCUT2D eigenvalue weighted by Gasteiger charge is 2.11. The number of amides is 1. The first kappa shape index (κ1) is 13.3. The summed E-state index contributed by atoms with van der Waals surface area (Å²) in [6.07, 6.45) is 0.759. The van der Waals surface area contributed by atoms with Crippen LogP contribution in [-0.4, -0.2) is 21.7 Å². The Morgan fingerprint density at radius 2 is 2.05 bits per heavy atom. The number of nitrogens with one attached hydrogen (secondary N) is 1. The van der Waals surface area contributed by atoms with Crippen molar-refractivity contribution in [3.8, 4) is 5.69 Å². The Bertz CT molecular complexity index is 560. The topological polar surface area (TPSA) is 46.9 Å². The van der Waals surface area contributed by atoms with Gasteiger partial charge in [0.05, 0.1) is 11.4 Å². The van der Waals surface area contributed by atoms with E-state index in [4.69, 9.17) is 0 Å². The van der Waals surface area contributed by atoms with Gasteiger partial charge in [0.25, 0.3) is 0 Å². The van der Waals surface area contributed by atoms with E-state index >= 15 is 0 Å². The number of aromatic nitrogens is 2. The number of rotatable bonds is 4. The summed E-state index contributed by atoms with van der Waals surface area (Å²) in [6.45, 7) is 5.52. The summed E-state index contributed by atoms with van der Waals surface area (Å²) in [6, 6.07) is 12.2. The van der Waals surface area contributed by atoms with E-state index in [9.17, 15) is 4.79 Å². The van der Waals surface area contributed by atoms with Gasteiger partial charge >= 0.3 is 0 Å². The number of hydrogen-bond donors (Lipinski definition) is 1. The number of hydrogen-bond acceptors (Lipinski definition) is 2. The van der Waals surface area contributed by atoms with Crippen molar-refractivity contribution in [2.45, 2.75) is 33.2 Å². The summed E-state index contributed by atoms with van der Waals surface area (Å²) < 4.78 is 1.94. The zero-order chi connectivity index (χ0) is 13.8. The average Bonchev–Trinajstić information content (AvgIpc) is 2.70. The molecule has 0 saturated carbocycles. The molecule has 1 atom stereocenters. The summed E-state index contributed by atoms with van der Waals surface area (Å²) in [5.41, 5.74) is 3.12. The second kappa shape index (κ2) is 5.69. The van der Waals surface area contributed by atoms with Crippen LogP contribution in [0, 0.1) is 6.92 Å². The fraction of sp³-hybridized carbons (Fsp3) is 0.333. The van der Waals surface area contributed by atoms with Crippen LogP contribution in [0.5, 0.6) is 0 Å². The normalized spacial score (nSPS) is 12.2. The molecule has 0 aliphatic carbocycles.